The van der Waals surface area contributed by atoms with Crippen molar-refractivity contribution in [3.63, 3.8) is 0 Å². The molecule has 0 saturated heterocycles. The quantitative estimate of drug-likeness (QED) is 0.0273. The third-order valence-corrected chi connectivity index (χ3v) is 21.5. The second kappa shape index (κ2) is 37.6. The lowest BCUT2D eigenvalue weighted by Crippen LogP contribution is -2.28. The smallest absolute Gasteiger partial charge is 0.126 e. The summed E-state index contributed by atoms with van der Waals surface area (Å²) in [5.41, 5.74) is 22.2. The van der Waals surface area contributed by atoms with Gasteiger partial charge in [-0.15, -0.1) is 0 Å². The summed E-state index contributed by atoms with van der Waals surface area (Å²) in [4.78, 5) is 20.4. The lowest BCUT2D eigenvalue weighted by molar-refractivity contribution is -0.0167. The molecule has 0 N–H and O–H groups in total. The topological polar surface area (TPSA) is 135 Å². The summed E-state index contributed by atoms with van der Waals surface area (Å²) in [6.07, 6.45) is 4.73. The van der Waals surface area contributed by atoms with Crippen LogP contribution in [0.15, 0.2) is 267 Å². The Kier molecular flexibility index (Phi) is 26.5. The summed E-state index contributed by atoms with van der Waals surface area (Å²) >= 11 is 3.62. The highest BCUT2D eigenvalue weighted by molar-refractivity contribution is 9.08. The van der Waals surface area contributed by atoms with E-state index in [1.54, 1.807) is 28.4 Å². The number of ether oxygens (including phenoxy) is 9. The van der Waals surface area contributed by atoms with Gasteiger partial charge in [0.15, 0.2) is 0 Å². The fourth-order valence-corrected chi connectivity index (χ4v) is 14.4. The zero-order valence-electron chi connectivity index (χ0n) is 66.3. The molecule has 13 aromatic rings. The predicted octanol–water partition coefficient (Wildman–Crippen LogP) is 23.3. The average Bonchev–Trinajstić information content (AvgIpc) is 0.813. The molecule has 0 amide bonds. The molecule has 13 nitrogen and oxygen atoms in total. The SMILES string of the molecule is COc1ccc(-c2cc(C)nc(-c3cc(-c4ccc(OC)cc4)cc(CCCCOc4ccc(C(C)(C)c5ccc(OCC(COc6ccc(C(C)(C)c7ccc(OCCCCc8cc(-c9ccc(OC)cc9)cc(-c9cc(-c%10ccc(OC)cc%10)cc(C)n9)n8)cc7)cc6)OCc6cccc(CBr)c6)cc5)cc4)n3)c2)cc1. The minimum atomic E-state index is -0.371. The molecule has 113 heavy (non-hydrogen) atoms. The monoisotopic (exact) mass is 1570 g/mol. The van der Waals surface area contributed by atoms with Crippen molar-refractivity contribution in [1.82, 2.24) is 19.9 Å². The predicted molar refractivity (Wildman–Crippen MR) is 458 cm³/mol. The Labute approximate surface area is 674 Å². The van der Waals surface area contributed by atoms with Crippen LogP contribution in [0.3, 0.4) is 0 Å². The van der Waals surface area contributed by atoms with E-state index in [0.717, 1.165) is 197 Å². The molecule has 0 saturated carbocycles. The van der Waals surface area contributed by atoms with Gasteiger partial charge in [-0.25, -0.2) is 0 Å². The number of hydrogen-bond acceptors (Lipinski definition) is 13. The van der Waals surface area contributed by atoms with Crippen LogP contribution in [0.4, 0.5) is 0 Å². The maximum absolute atomic E-state index is 6.59. The Morgan fingerprint density at radius 2 is 0.611 bits per heavy atom. The van der Waals surface area contributed by atoms with Crippen LogP contribution in [0.2, 0.25) is 0 Å². The normalized spacial score (nSPS) is 11.5. The molecule has 9 aromatic carbocycles. The molecule has 0 bridgehead atoms. The first-order valence-corrected chi connectivity index (χ1v) is 39.9. The van der Waals surface area contributed by atoms with E-state index < -0.39 is 0 Å². The van der Waals surface area contributed by atoms with Crippen molar-refractivity contribution in [3.05, 3.63) is 323 Å². The van der Waals surface area contributed by atoms with Gasteiger partial charge in [-0.05, 0) is 276 Å². The minimum absolute atomic E-state index is 0.293. The Balaban J connectivity index is 0.586. The minimum Gasteiger partial charge on any atom is -0.497 e. The maximum Gasteiger partial charge on any atom is 0.126 e. The molecule has 0 unspecified atom stereocenters. The zero-order chi connectivity index (χ0) is 78.7. The number of halogens is 1. The van der Waals surface area contributed by atoms with Crippen molar-refractivity contribution in [2.24, 2.45) is 0 Å². The third kappa shape index (κ3) is 21.0. The molecule has 0 atom stereocenters. The largest absolute Gasteiger partial charge is 0.497 e. The summed E-state index contributed by atoms with van der Waals surface area (Å²) in [5.74, 6) is 6.44. The lowest BCUT2D eigenvalue weighted by atomic mass is 9.78. The molecule has 14 heteroatoms. The molecule has 0 aliphatic heterocycles. The molecule has 0 spiro atoms. The van der Waals surface area contributed by atoms with E-state index in [1.165, 1.54) is 16.7 Å². The molecule has 0 aliphatic rings. The summed E-state index contributed by atoms with van der Waals surface area (Å²) < 4.78 is 54.2. The summed E-state index contributed by atoms with van der Waals surface area (Å²) in [6.45, 7) is 15.2. The van der Waals surface area contributed by atoms with Crippen LogP contribution >= 0.6 is 15.9 Å². The highest BCUT2D eigenvalue weighted by Gasteiger charge is 2.26. The molecular formula is C99H99BrN4O9. The molecule has 4 heterocycles. The first kappa shape index (κ1) is 79.5. The second-order valence-electron chi connectivity index (χ2n) is 29.6. The number of methoxy groups -OCH3 is 4. The molecule has 576 valence electrons. The maximum atomic E-state index is 6.59. The number of nitrogens with zero attached hydrogens (tertiary/aromatic N) is 4. The van der Waals surface area contributed by atoms with Crippen LogP contribution in [0.5, 0.6) is 46.0 Å². The van der Waals surface area contributed by atoms with Gasteiger partial charge in [-0.1, -0.05) is 165 Å². The van der Waals surface area contributed by atoms with Gasteiger partial charge in [0, 0.05) is 38.9 Å². The molecule has 0 fully saturated rings. The van der Waals surface area contributed by atoms with Crippen LogP contribution in [-0.4, -0.2) is 80.9 Å². The first-order chi connectivity index (χ1) is 55.0. The van der Waals surface area contributed by atoms with E-state index in [4.69, 9.17) is 62.6 Å². The van der Waals surface area contributed by atoms with Crippen LogP contribution in [0.1, 0.15) is 110 Å². The van der Waals surface area contributed by atoms with E-state index in [0.29, 0.717) is 33.0 Å². The van der Waals surface area contributed by atoms with Crippen molar-refractivity contribution in [3.8, 4) is 113 Å². The van der Waals surface area contributed by atoms with E-state index >= 15 is 0 Å². The van der Waals surface area contributed by atoms with Crippen LogP contribution in [-0.2, 0) is 40.3 Å². The zero-order valence-corrected chi connectivity index (χ0v) is 67.9. The Bertz CT molecular complexity index is 4950. The van der Waals surface area contributed by atoms with Crippen molar-refractivity contribution < 1.29 is 42.6 Å². The van der Waals surface area contributed by atoms with Crippen molar-refractivity contribution in [2.45, 2.75) is 109 Å². The van der Waals surface area contributed by atoms with Gasteiger partial charge in [0.2, 0.25) is 0 Å². The van der Waals surface area contributed by atoms with E-state index in [-0.39, 0.29) is 16.9 Å². The highest BCUT2D eigenvalue weighted by Crippen LogP contribution is 2.38. The molecule has 4 aromatic heterocycles. The molecule has 0 radical (unpaired) electrons. The first-order valence-electron chi connectivity index (χ1n) is 38.7. The van der Waals surface area contributed by atoms with Gasteiger partial charge in [0.1, 0.15) is 65.3 Å². The highest BCUT2D eigenvalue weighted by atomic mass is 79.9. The number of unbranched alkanes of at least 4 members (excludes halogenated alkanes) is 2. The number of aromatic nitrogens is 4. The second-order valence-corrected chi connectivity index (χ2v) is 30.2. The number of rotatable bonds is 36. The van der Waals surface area contributed by atoms with Gasteiger partial charge in [0.25, 0.3) is 0 Å². The summed E-state index contributed by atoms with van der Waals surface area (Å²) in [5, 5.41) is 0.763. The van der Waals surface area contributed by atoms with Gasteiger partial charge in [-0.2, -0.15) is 0 Å². The lowest BCUT2D eigenvalue weighted by Gasteiger charge is -2.27. The molecular weight excluding hydrogens is 1470 g/mol. The van der Waals surface area contributed by atoms with Crippen molar-refractivity contribution in [2.75, 3.05) is 54.9 Å². The van der Waals surface area contributed by atoms with Crippen LogP contribution < -0.4 is 37.9 Å². The standard InChI is InChI=1S/C99H99BrN4O9/c1-67-54-75(71-20-36-85(105-7)37-21-71)59-94(101-67)96-61-77(73-24-40-87(107-9)41-25-73)57-83(103-96)18-11-13-52-109-89-44-28-79(29-45-89)98(3,4)81-32-48-91(49-33-81)112-65-93(111-64-70-17-15-16-69(56-70)63-100)66-113-92-50-34-82(35-51-92)99(5,6)80-30-46-90(47-31-80)110-53-14-12-19-84-58-78(74-26-42-88(108-10)43-27-74)62-97(104-84)95-60-76(55-68(2)102-95)72-22-38-86(106-8)39-23-72/h15-17,20-51,54-62,93H,11-14,18-19,52-53,63-66H2,1-10H3. The van der Waals surface area contributed by atoms with Crippen molar-refractivity contribution in [1.29, 1.82) is 0 Å². The number of benzene rings is 9. The van der Waals surface area contributed by atoms with Gasteiger partial charge in [0.05, 0.1) is 71.0 Å². The molecule has 13 rings (SSSR count). The fourth-order valence-electron chi connectivity index (χ4n) is 14.0. The summed E-state index contributed by atoms with van der Waals surface area (Å²) in [7, 11) is 6.74. The van der Waals surface area contributed by atoms with Gasteiger partial charge < -0.3 is 42.6 Å². The average molecular weight is 1570 g/mol. The number of alkyl halides is 1. The van der Waals surface area contributed by atoms with E-state index in [1.807, 2.05) is 86.6 Å². The van der Waals surface area contributed by atoms with E-state index in [9.17, 15) is 0 Å². The Morgan fingerprint density at radius 3 is 0.938 bits per heavy atom. The van der Waals surface area contributed by atoms with E-state index in [2.05, 4.69) is 238 Å². The van der Waals surface area contributed by atoms with Gasteiger partial charge in [-0.3, -0.25) is 19.9 Å². The number of hydrogen-bond donors (Lipinski definition) is 0. The number of aryl methyl sites for hydroxylation is 4. The number of pyridine rings is 4. The third-order valence-electron chi connectivity index (χ3n) is 20.9. The fraction of sp³-hybridized carbons (Fsp3) is 0.253. The van der Waals surface area contributed by atoms with Crippen LogP contribution in [0, 0.1) is 13.8 Å². The molecule has 0 aliphatic carbocycles. The van der Waals surface area contributed by atoms with Gasteiger partial charge >= 0.3 is 0 Å². The Hall–Kier alpha value is -11.6. The van der Waals surface area contributed by atoms with Crippen molar-refractivity contribution >= 4 is 15.9 Å². The van der Waals surface area contributed by atoms with Crippen LogP contribution in [0.25, 0.3) is 67.3 Å². The summed E-state index contributed by atoms with van der Waals surface area (Å²) in [6, 6.07) is 91.9. The Morgan fingerprint density at radius 1 is 0.310 bits per heavy atom.